The number of hydrogen-bond donors (Lipinski definition) is 1. The summed E-state index contributed by atoms with van der Waals surface area (Å²) >= 11 is 0. The number of carbonyl (C=O) groups excluding carboxylic acids is 1. The zero-order valence-electron chi connectivity index (χ0n) is 12.0. The molecular weight excluding hydrogens is 282 g/mol. The van der Waals surface area contributed by atoms with Crippen LogP contribution in [0.1, 0.15) is 10.5 Å². The highest BCUT2D eigenvalue weighted by atomic mass is 16.2. The SMILES string of the molecule is Cn1cc(C(=O)NCCn2cc(-c3cccnc3)cn2)nn1. The second kappa shape index (κ2) is 6.17. The molecule has 0 fully saturated rings. The first kappa shape index (κ1) is 13.9. The lowest BCUT2D eigenvalue weighted by molar-refractivity contribution is 0.0947. The molecular formula is C14H15N7O. The van der Waals surface area contributed by atoms with Gasteiger partial charge in [0, 0.05) is 43.3 Å². The Morgan fingerprint density at radius 3 is 2.91 bits per heavy atom. The van der Waals surface area contributed by atoms with Gasteiger partial charge in [0.1, 0.15) is 0 Å². The molecule has 0 saturated heterocycles. The van der Waals surface area contributed by atoms with E-state index in [-0.39, 0.29) is 5.91 Å². The number of hydrogen-bond acceptors (Lipinski definition) is 5. The van der Waals surface area contributed by atoms with Crippen molar-refractivity contribution in [3.05, 3.63) is 48.8 Å². The molecule has 0 aromatic carbocycles. The maximum Gasteiger partial charge on any atom is 0.273 e. The third-order valence-electron chi connectivity index (χ3n) is 3.09. The number of nitrogens with zero attached hydrogens (tertiary/aromatic N) is 6. The minimum Gasteiger partial charge on any atom is -0.349 e. The van der Waals surface area contributed by atoms with E-state index in [4.69, 9.17) is 0 Å². The summed E-state index contributed by atoms with van der Waals surface area (Å²) < 4.78 is 3.27. The predicted octanol–water partition coefficient (Wildman–Crippen LogP) is 0.504. The van der Waals surface area contributed by atoms with Gasteiger partial charge in [-0.3, -0.25) is 19.1 Å². The number of pyridine rings is 1. The Morgan fingerprint density at radius 2 is 2.18 bits per heavy atom. The molecule has 0 aliphatic carbocycles. The average molecular weight is 297 g/mol. The van der Waals surface area contributed by atoms with Gasteiger partial charge in [-0.05, 0) is 6.07 Å². The van der Waals surface area contributed by atoms with E-state index in [1.54, 1.807) is 36.5 Å². The van der Waals surface area contributed by atoms with Crippen molar-refractivity contribution in [3.63, 3.8) is 0 Å². The van der Waals surface area contributed by atoms with Gasteiger partial charge in [0.25, 0.3) is 5.91 Å². The smallest absolute Gasteiger partial charge is 0.273 e. The van der Waals surface area contributed by atoms with Crippen molar-refractivity contribution in [2.75, 3.05) is 6.54 Å². The van der Waals surface area contributed by atoms with Crippen LogP contribution in [0.5, 0.6) is 0 Å². The Labute approximate surface area is 126 Å². The first-order valence-electron chi connectivity index (χ1n) is 6.80. The van der Waals surface area contributed by atoms with E-state index in [0.29, 0.717) is 18.8 Å². The summed E-state index contributed by atoms with van der Waals surface area (Å²) in [5.74, 6) is -0.243. The Balaban J connectivity index is 1.54. The molecule has 22 heavy (non-hydrogen) atoms. The Bertz CT molecular complexity index is 762. The third-order valence-corrected chi connectivity index (χ3v) is 3.09. The van der Waals surface area contributed by atoms with Gasteiger partial charge in [0.15, 0.2) is 5.69 Å². The largest absolute Gasteiger partial charge is 0.349 e. The van der Waals surface area contributed by atoms with Gasteiger partial charge in [-0.25, -0.2) is 0 Å². The first-order valence-corrected chi connectivity index (χ1v) is 6.80. The molecule has 3 aromatic heterocycles. The van der Waals surface area contributed by atoms with Crippen molar-refractivity contribution in [1.29, 1.82) is 0 Å². The lowest BCUT2D eigenvalue weighted by Crippen LogP contribution is -2.27. The molecule has 0 aliphatic rings. The van der Waals surface area contributed by atoms with Crippen LogP contribution in [-0.2, 0) is 13.6 Å². The van der Waals surface area contributed by atoms with Crippen LogP contribution in [-0.4, -0.2) is 42.2 Å². The second-order valence-electron chi connectivity index (χ2n) is 4.77. The zero-order chi connectivity index (χ0) is 15.4. The van der Waals surface area contributed by atoms with E-state index in [1.165, 1.54) is 4.68 Å². The molecule has 1 N–H and O–H groups in total. The number of rotatable bonds is 5. The minimum atomic E-state index is -0.243. The number of amides is 1. The molecule has 0 radical (unpaired) electrons. The fourth-order valence-electron chi connectivity index (χ4n) is 1.99. The molecule has 0 saturated carbocycles. The fraction of sp³-hybridized carbons (Fsp3) is 0.214. The maximum atomic E-state index is 11.8. The molecule has 0 bridgehead atoms. The van der Waals surface area contributed by atoms with Crippen LogP contribution in [0.25, 0.3) is 11.1 Å². The van der Waals surface area contributed by atoms with Gasteiger partial charge < -0.3 is 5.32 Å². The lowest BCUT2D eigenvalue weighted by Gasteiger charge is -2.03. The predicted molar refractivity (Wildman–Crippen MR) is 78.8 cm³/mol. The molecule has 1 amide bonds. The van der Waals surface area contributed by atoms with Crippen LogP contribution >= 0.6 is 0 Å². The van der Waals surface area contributed by atoms with E-state index in [9.17, 15) is 4.79 Å². The van der Waals surface area contributed by atoms with Gasteiger partial charge in [0.2, 0.25) is 0 Å². The molecule has 3 rings (SSSR count). The quantitative estimate of drug-likeness (QED) is 0.740. The highest BCUT2D eigenvalue weighted by molar-refractivity contribution is 5.91. The number of carbonyl (C=O) groups is 1. The molecule has 8 heteroatoms. The summed E-state index contributed by atoms with van der Waals surface area (Å²) in [6.07, 6.45) is 8.80. The van der Waals surface area contributed by atoms with E-state index in [2.05, 4.69) is 25.7 Å². The molecule has 0 aliphatic heterocycles. The highest BCUT2D eigenvalue weighted by Crippen LogP contribution is 2.16. The third kappa shape index (κ3) is 3.17. The van der Waals surface area contributed by atoms with E-state index >= 15 is 0 Å². The van der Waals surface area contributed by atoms with E-state index in [1.807, 2.05) is 18.3 Å². The molecule has 0 unspecified atom stereocenters. The van der Waals surface area contributed by atoms with Crippen LogP contribution in [0.2, 0.25) is 0 Å². The maximum absolute atomic E-state index is 11.8. The van der Waals surface area contributed by atoms with Crippen LogP contribution in [0.15, 0.2) is 43.1 Å². The van der Waals surface area contributed by atoms with E-state index in [0.717, 1.165) is 11.1 Å². The molecule has 3 heterocycles. The number of aromatic nitrogens is 6. The molecule has 0 spiro atoms. The van der Waals surface area contributed by atoms with Crippen LogP contribution in [0.4, 0.5) is 0 Å². The summed E-state index contributed by atoms with van der Waals surface area (Å²) in [4.78, 5) is 15.9. The van der Waals surface area contributed by atoms with Crippen molar-refractivity contribution in [2.45, 2.75) is 6.54 Å². The molecule has 112 valence electrons. The Hall–Kier alpha value is -3.03. The van der Waals surface area contributed by atoms with Gasteiger partial charge in [-0.1, -0.05) is 11.3 Å². The molecule has 8 nitrogen and oxygen atoms in total. The van der Waals surface area contributed by atoms with E-state index < -0.39 is 0 Å². The fourth-order valence-corrected chi connectivity index (χ4v) is 1.99. The molecule has 3 aromatic rings. The lowest BCUT2D eigenvalue weighted by atomic mass is 10.2. The van der Waals surface area contributed by atoms with Gasteiger partial charge in [0.05, 0.1) is 18.9 Å². The zero-order valence-corrected chi connectivity index (χ0v) is 12.0. The normalized spacial score (nSPS) is 10.6. The summed E-state index contributed by atoms with van der Waals surface area (Å²) in [7, 11) is 1.72. The summed E-state index contributed by atoms with van der Waals surface area (Å²) in [5.41, 5.74) is 2.31. The monoisotopic (exact) mass is 297 g/mol. The van der Waals surface area contributed by atoms with Crippen molar-refractivity contribution in [1.82, 2.24) is 35.1 Å². The summed E-state index contributed by atoms with van der Waals surface area (Å²) in [5, 5.41) is 14.5. The number of nitrogens with one attached hydrogen (secondary N) is 1. The standard InChI is InChI=1S/C14H15N7O/c1-20-10-13(18-19-20)14(22)16-5-6-21-9-12(8-17-21)11-3-2-4-15-7-11/h2-4,7-10H,5-6H2,1H3,(H,16,22). The van der Waals surface area contributed by atoms with Gasteiger partial charge >= 0.3 is 0 Å². The van der Waals surface area contributed by atoms with Crippen LogP contribution in [0, 0.1) is 0 Å². The number of aryl methyl sites for hydroxylation is 1. The van der Waals surface area contributed by atoms with Crippen molar-refractivity contribution in [2.24, 2.45) is 7.05 Å². The minimum absolute atomic E-state index is 0.243. The van der Waals surface area contributed by atoms with Crippen LogP contribution in [0.3, 0.4) is 0 Å². The van der Waals surface area contributed by atoms with Gasteiger partial charge in [-0.2, -0.15) is 5.10 Å². The van der Waals surface area contributed by atoms with Crippen LogP contribution < -0.4 is 5.32 Å². The second-order valence-corrected chi connectivity index (χ2v) is 4.77. The Morgan fingerprint density at radius 1 is 1.27 bits per heavy atom. The average Bonchev–Trinajstić information content (AvgIpc) is 3.17. The summed E-state index contributed by atoms with van der Waals surface area (Å²) in [6.45, 7) is 1.04. The summed E-state index contributed by atoms with van der Waals surface area (Å²) in [6, 6.07) is 3.86. The first-order chi connectivity index (χ1) is 10.7. The highest BCUT2D eigenvalue weighted by Gasteiger charge is 2.09. The van der Waals surface area contributed by atoms with Crippen molar-refractivity contribution >= 4 is 5.91 Å². The Kier molecular flexibility index (Phi) is 3.90. The topological polar surface area (TPSA) is 90.5 Å². The van der Waals surface area contributed by atoms with Crippen molar-refractivity contribution in [3.8, 4) is 11.1 Å². The molecule has 0 atom stereocenters. The van der Waals surface area contributed by atoms with Crippen molar-refractivity contribution < 1.29 is 4.79 Å². The van der Waals surface area contributed by atoms with Gasteiger partial charge in [-0.15, -0.1) is 5.10 Å².